The highest BCUT2D eigenvalue weighted by molar-refractivity contribution is 7.93. The van der Waals surface area contributed by atoms with E-state index >= 15 is 0 Å². The Kier molecular flexibility index (Phi) is 6.62. The van der Waals surface area contributed by atoms with Crippen LogP contribution in [0.15, 0.2) is 86.2 Å². The molecule has 10 nitrogen and oxygen atoms in total. The Morgan fingerprint density at radius 2 is 1.81 bits per heavy atom. The zero-order valence-electron chi connectivity index (χ0n) is 19.8. The number of hydrogen-bond donors (Lipinski definition) is 2. The molecule has 0 unspecified atom stereocenters. The molecule has 0 fully saturated rings. The number of ether oxygens (including phenoxy) is 1. The monoisotopic (exact) mass is 557 g/mol. The Morgan fingerprint density at radius 1 is 1.03 bits per heavy atom. The molecule has 2 N–H and O–H groups in total. The number of H-pyrrole nitrogens is 1. The van der Waals surface area contributed by atoms with Gasteiger partial charge in [-0.15, -0.1) is 16.4 Å². The minimum Gasteiger partial charge on any atom is -0.424 e. The van der Waals surface area contributed by atoms with Crippen LogP contribution in [0.4, 0.5) is 0 Å². The lowest BCUT2D eigenvalue weighted by Gasteiger charge is -2.14. The molecule has 0 aliphatic heterocycles. The van der Waals surface area contributed by atoms with Crippen LogP contribution >= 0.6 is 11.3 Å². The molecule has 0 spiro atoms. The Labute approximate surface area is 217 Å². The van der Waals surface area contributed by atoms with Gasteiger partial charge in [0.15, 0.2) is 5.82 Å². The third-order valence-electron chi connectivity index (χ3n) is 5.70. The SMILES string of the molecule is CCn1c(Oc2ccc3cc[nH]c3c2)nnc1[C@@H](C)NS(=O)(=O)c1cc(S(=O)(=O)c2ccccc2)cs1. The molecule has 0 radical (unpaired) electrons. The topological polar surface area (TPSA) is 136 Å². The molecule has 0 aliphatic rings. The summed E-state index contributed by atoms with van der Waals surface area (Å²) in [6.07, 6.45) is 1.84. The van der Waals surface area contributed by atoms with Gasteiger partial charge in [-0.3, -0.25) is 4.57 Å². The molecule has 37 heavy (non-hydrogen) atoms. The van der Waals surface area contributed by atoms with E-state index in [1.54, 1.807) is 29.7 Å². The molecule has 0 aliphatic carbocycles. The normalized spacial score (nSPS) is 13.1. The van der Waals surface area contributed by atoms with E-state index < -0.39 is 25.9 Å². The molecule has 1 atom stereocenters. The van der Waals surface area contributed by atoms with E-state index in [2.05, 4.69) is 19.9 Å². The Balaban J connectivity index is 1.36. The number of rotatable bonds is 9. The smallest absolute Gasteiger partial charge is 0.322 e. The van der Waals surface area contributed by atoms with Crippen molar-refractivity contribution in [3.8, 4) is 11.8 Å². The zero-order chi connectivity index (χ0) is 26.2. The van der Waals surface area contributed by atoms with Crippen LogP contribution in [0.25, 0.3) is 10.9 Å². The second kappa shape index (κ2) is 9.74. The molecule has 3 aromatic heterocycles. The van der Waals surface area contributed by atoms with Crippen LogP contribution in [0.1, 0.15) is 25.7 Å². The summed E-state index contributed by atoms with van der Waals surface area (Å²) >= 11 is 0.834. The number of fused-ring (bicyclic) bond motifs is 1. The summed E-state index contributed by atoms with van der Waals surface area (Å²) in [5.41, 5.74) is 0.908. The van der Waals surface area contributed by atoms with Crippen molar-refractivity contribution in [1.82, 2.24) is 24.5 Å². The molecule has 3 heterocycles. The highest BCUT2D eigenvalue weighted by atomic mass is 32.2. The van der Waals surface area contributed by atoms with E-state index in [0.29, 0.717) is 18.1 Å². The first-order valence-electron chi connectivity index (χ1n) is 11.3. The molecular formula is C24H23N5O5S3. The van der Waals surface area contributed by atoms with Crippen molar-refractivity contribution < 1.29 is 21.6 Å². The summed E-state index contributed by atoms with van der Waals surface area (Å²) in [5, 5.41) is 10.6. The van der Waals surface area contributed by atoms with Crippen molar-refractivity contribution in [3.63, 3.8) is 0 Å². The maximum atomic E-state index is 13.1. The fourth-order valence-electron chi connectivity index (χ4n) is 3.85. The average molecular weight is 558 g/mol. The molecular weight excluding hydrogens is 534 g/mol. The van der Waals surface area contributed by atoms with E-state index in [4.69, 9.17) is 4.74 Å². The van der Waals surface area contributed by atoms with Crippen LogP contribution in [0.5, 0.6) is 11.8 Å². The first-order chi connectivity index (χ1) is 17.7. The predicted molar refractivity (Wildman–Crippen MR) is 139 cm³/mol. The van der Waals surface area contributed by atoms with Gasteiger partial charge in [-0.25, -0.2) is 16.8 Å². The second-order valence-corrected chi connectivity index (χ2v) is 13.0. The van der Waals surface area contributed by atoms with E-state index in [1.165, 1.54) is 17.5 Å². The molecule has 0 amide bonds. The summed E-state index contributed by atoms with van der Waals surface area (Å²) in [5.74, 6) is 0.915. The lowest BCUT2D eigenvalue weighted by molar-refractivity contribution is 0.408. The number of thiophene rings is 1. The van der Waals surface area contributed by atoms with E-state index in [9.17, 15) is 16.8 Å². The van der Waals surface area contributed by atoms with Crippen LogP contribution in [0.3, 0.4) is 0 Å². The molecule has 192 valence electrons. The van der Waals surface area contributed by atoms with Crippen molar-refractivity contribution in [2.75, 3.05) is 0 Å². The first-order valence-corrected chi connectivity index (χ1v) is 15.1. The van der Waals surface area contributed by atoms with Gasteiger partial charge in [0.05, 0.1) is 15.8 Å². The van der Waals surface area contributed by atoms with E-state index in [0.717, 1.165) is 28.3 Å². The Hall–Kier alpha value is -3.52. The number of nitrogens with zero attached hydrogens (tertiary/aromatic N) is 3. The lowest BCUT2D eigenvalue weighted by atomic mass is 10.2. The highest BCUT2D eigenvalue weighted by Gasteiger charge is 2.27. The van der Waals surface area contributed by atoms with E-state index in [1.807, 2.05) is 37.4 Å². The van der Waals surface area contributed by atoms with Crippen LogP contribution in [0.2, 0.25) is 0 Å². The maximum absolute atomic E-state index is 13.1. The number of hydrogen-bond acceptors (Lipinski definition) is 8. The summed E-state index contributed by atoms with van der Waals surface area (Å²) in [6, 6.07) is 16.0. The maximum Gasteiger partial charge on any atom is 0.322 e. The van der Waals surface area contributed by atoms with Gasteiger partial charge in [0.25, 0.3) is 10.0 Å². The minimum atomic E-state index is -4.04. The van der Waals surface area contributed by atoms with Crippen LogP contribution < -0.4 is 9.46 Å². The van der Waals surface area contributed by atoms with Gasteiger partial charge in [-0.1, -0.05) is 23.3 Å². The number of benzene rings is 2. The molecule has 0 bridgehead atoms. The molecule has 13 heteroatoms. The van der Waals surface area contributed by atoms with Crippen molar-refractivity contribution in [1.29, 1.82) is 0 Å². The summed E-state index contributed by atoms with van der Waals surface area (Å²) in [7, 11) is -7.88. The lowest BCUT2D eigenvalue weighted by Crippen LogP contribution is -2.28. The first kappa shape index (κ1) is 25.1. The van der Waals surface area contributed by atoms with Gasteiger partial charge in [0.1, 0.15) is 9.96 Å². The minimum absolute atomic E-state index is 0.0804. The van der Waals surface area contributed by atoms with Crippen molar-refractivity contribution in [2.45, 2.75) is 40.4 Å². The Bertz CT molecular complexity index is 1770. The summed E-state index contributed by atoms with van der Waals surface area (Å²) < 4.78 is 62.0. The van der Waals surface area contributed by atoms with Crippen LogP contribution in [-0.2, 0) is 26.4 Å². The largest absolute Gasteiger partial charge is 0.424 e. The molecule has 2 aromatic carbocycles. The predicted octanol–water partition coefficient (Wildman–Crippen LogP) is 4.51. The standard InChI is InChI=1S/C24H23N5O5S3/c1-3-29-23(26-27-24(29)34-18-10-9-17-11-12-25-21(17)13-18)16(2)28-37(32,33)22-14-20(15-35-22)36(30,31)19-7-5-4-6-8-19/h4-16,25,28H,3H2,1-2H3/t16-/m1/s1. The van der Waals surface area contributed by atoms with Gasteiger partial charge in [-0.2, -0.15) is 4.72 Å². The third kappa shape index (κ3) is 4.90. The van der Waals surface area contributed by atoms with Gasteiger partial charge >= 0.3 is 6.01 Å². The molecule has 0 saturated heterocycles. The number of aromatic nitrogens is 4. The summed E-state index contributed by atoms with van der Waals surface area (Å²) in [4.78, 5) is 3.14. The van der Waals surface area contributed by atoms with Crippen LogP contribution in [0, 0.1) is 0 Å². The molecule has 5 aromatic rings. The van der Waals surface area contributed by atoms with E-state index in [-0.39, 0.29) is 20.0 Å². The number of aromatic amines is 1. The Morgan fingerprint density at radius 3 is 2.57 bits per heavy atom. The fraction of sp³-hybridized carbons (Fsp3) is 0.167. The third-order valence-corrected chi connectivity index (χ3v) is 10.6. The van der Waals surface area contributed by atoms with Crippen LogP contribution in [-0.4, -0.2) is 36.6 Å². The summed E-state index contributed by atoms with van der Waals surface area (Å²) in [6.45, 7) is 3.94. The number of sulfone groups is 1. The number of nitrogens with one attached hydrogen (secondary N) is 2. The van der Waals surface area contributed by atoms with Gasteiger partial charge in [-0.05, 0) is 55.6 Å². The average Bonchev–Trinajstić information content (AvgIpc) is 3.64. The quantitative estimate of drug-likeness (QED) is 0.272. The van der Waals surface area contributed by atoms with Crippen molar-refractivity contribution >= 4 is 42.1 Å². The van der Waals surface area contributed by atoms with Gasteiger partial charge in [0, 0.05) is 29.7 Å². The van der Waals surface area contributed by atoms with Crippen molar-refractivity contribution in [3.05, 3.63) is 78.1 Å². The molecule has 0 saturated carbocycles. The van der Waals surface area contributed by atoms with Gasteiger partial charge < -0.3 is 9.72 Å². The fourth-order valence-corrected chi connectivity index (χ4v) is 7.97. The second-order valence-electron chi connectivity index (χ2n) is 8.17. The highest BCUT2D eigenvalue weighted by Crippen LogP contribution is 2.30. The van der Waals surface area contributed by atoms with Gasteiger partial charge in [0.2, 0.25) is 9.84 Å². The van der Waals surface area contributed by atoms with Crippen molar-refractivity contribution in [2.24, 2.45) is 0 Å². The zero-order valence-corrected chi connectivity index (χ0v) is 22.3. The number of sulfonamides is 1. The molecule has 5 rings (SSSR count).